The fraction of sp³-hybridized carbons (Fsp3) is 0.909. The van der Waals surface area contributed by atoms with E-state index in [4.69, 9.17) is 9.73 Å². The number of nitrogens with one attached hydrogen (secondary N) is 1. The lowest BCUT2D eigenvalue weighted by molar-refractivity contribution is -0.142. The van der Waals surface area contributed by atoms with Gasteiger partial charge >= 0.3 is 0 Å². The summed E-state index contributed by atoms with van der Waals surface area (Å²) in [5, 5.41) is 3.48. The first-order chi connectivity index (χ1) is 14.1. The smallest absolute Gasteiger partial charge is 0.251 e. The maximum absolute atomic E-state index is 12.6. The van der Waals surface area contributed by atoms with Crippen LogP contribution in [0.15, 0.2) is 4.99 Å². The first-order valence-electron chi connectivity index (χ1n) is 11.8. The van der Waals surface area contributed by atoms with Gasteiger partial charge in [0.15, 0.2) is 5.96 Å². The number of carbonyl (C=O) groups excluding carboxylic acids is 1. The summed E-state index contributed by atoms with van der Waals surface area (Å²) >= 11 is 0. The van der Waals surface area contributed by atoms with Gasteiger partial charge in [0.25, 0.3) is 5.91 Å². The lowest BCUT2D eigenvalue weighted by atomic mass is 10.0. The van der Waals surface area contributed by atoms with Crippen LogP contribution in [0.1, 0.15) is 52.9 Å². The molecule has 7 nitrogen and oxygen atoms in total. The Morgan fingerprint density at radius 1 is 1.07 bits per heavy atom. The molecule has 1 N–H and O–H groups in total. The number of likely N-dealkylation sites (tertiary alicyclic amines) is 1. The fourth-order valence-corrected chi connectivity index (χ4v) is 4.72. The average molecular weight is 408 g/mol. The minimum absolute atomic E-state index is 0.176. The molecule has 2 atom stereocenters. The predicted molar refractivity (Wildman–Crippen MR) is 117 cm³/mol. The number of amides is 1. The summed E-state index contributed by atoms with van der Waals surface area (Å²) in [7, 11) is 0. The number of aliphatic imine (C=N–C) groups is 1. The van der Waals surface area contributed by atoms with Crippen molar-refractivity contribution in [2.45, 2.75) is 65.0 Å². The highest BCUT2D eigenvalue weighted by Gasteiger charge is 2.31. The third kappa shape index (κ3) is 6.32. The summed E-state index contributed by atoms with van der Waals surface area (Å²) in [5.74, 6) is 1.87. The number of hydrogen-bond acceptors (Lipinski definition) is 4. The lowest BCUT2D eigenvalue weighted by Crippen LogP contribution is -2.55. The zero-order chi connectivity index (χ0) is 20.6. The molecule has 29 heavy (non-hydrogen) atoms. The molecule has 0 aromatic rings. The fourth-order valence-electron chi connectivity index (χ4n) is 4.72. The third-order valence-corrected chi connectivity index (χ3v) is 6.28. The monoisotopic (exact) mass is 407 g/mol. The molecule has 0 spiro atoms. The maximum Gasteiger partial charge on any atom is 0.251 e. The quantitative estimate of drug-likeness (QED) is 0.515. The SMILES string of the molecule is CCNC(=NCC(CC(C)C)N1CCCC1)N1CCN(C(=O)C2CCCO2)CC1. The summed E-state index contributed by atoms with van der Waals surface area (Å²) < 4.78 is 5.58. The zero-order valence-electron chi connectivity index (χ0n) is 18.7. The Morgan fingerprint density at radius 2 is 1.76 bits per heavy atom. The number of carbonyl (C=O) groups is 1. The highest BCUT2D eigenvalue weighted by Crippen LogP contribution is 2.19. The van der Waals surface area contributed by atoms with Crippen molar-refractivity contribution < 1.29 is 9.53 Å². The molecular weight excluding hydrogens is 366 g/mol. The standard InChI is InChI=1S/C22H41N5O2/c1-4-23-22(24-17-19(16-18(2)3)25-9-5-6-10-25)27-13-11-26(12-14-27)21(28)20-8-7-15-29-20/h18-20H,4-17H2,1-3H3,(H,23,24). The van der Waals surface area contributed by atoms with Gasteiger partial charge in [-0.1, -0.05) is 13.8 Å². The van der Waals surface area contributed by atoms with Crippen molar-refractivity contribution in [2.24, 2.45) is 10.9 Å². The second-order valence-corrected chi connectivity index (χ2v) is 9.04. The van der Waals surface area contributed by atoms with Crippen molar-refractivity contribution in [1.29, 1.82) is 0 Å². The van der Waals surface area contributed by atoms with E-state index in [1.807, 2.05) is 4.90 Å². The highest BCUT2D eigenvalue weighted by atomic mass is 16.5. The first kappa shape index (κ1) is 22.3. The van der Waals surface area contributed by atoms with Crippen molar-refractivity contribution in [3.05, 3.63) is 0 Å². The summed E-state index contributed by atoms with van der Waals surface area (Å²) in [6, 6.07) is 0.536. The second kappa shape index (κ2) is 11.2. The Balaban J connectivity index is 1.56. The number of rotatable bonds is 7. The van der Waals surface area contributed by atoms with Crippen LogP contribution >= 0.6 is 0 Å². The summed E-state index contributed by atoms with van der Waals surface area (Å²) in [4.78, 5) is 24.6. The molecule has 0 bridgehead atoms. The molecule has 0 aliphatic carbocycles. The molecule has 0 aromatic heterocycles. The number of hydrogen-bond donors (Lipinski definition) is 1. The van der Waals surface area contributed by atoms with Crippen molar-refractivity contribution >= 4 is 11.9 Å². The Morgan fingerprint density at radius 3 is 2.34 bits per heavy atom. The molecule has 0 saturated carbocycles. The van der Waals surface area contributed by atoms with E-state index < -0.39 is 0 Å². The van der Waals surface area contributed by atoms with Gasteiger partial charge in [0.2, 0.25) is 0 Å². The first-order valence-corrected chi connectivity index (χ1v) is 11.8. The van der Waals surface area contributed by atoms with Gasteiger partial charge < -0.3 is 19.9 Å². The van der Waals surface area contributed by atoms with Crippen LogP contribution in [-0.4, -0.2) is 97.7 Å². The Hall–Kier alpha value is -1.34. The Kier molecular flexibility index (Phi) is 8.60. The molecule has 3 aliphatic rings. The van der Waals surface area contributed by atoms with Crippen molar-refractivity contribution in [3.8, 4) is 0 Å². The van der Waals surface area contributed by atoms with E-state index in [0.29, 0.717) is 12.0 Å². The van der Waals surface area contributed by atoms with E-state index >= 15 is 0 Å². The summed E-state index contributed by atoms with van der Waals surface area (Å²) in [6.07, 6.45) is 5.50. The van der Waals surface area contributed by atoms with Gasteiger partial charge in [-0.3, -0.25) is 14.7 Å². The number of piperazine rings is 1. The van der Waals surface area contributed by atoms with Gasteiger partial charge in [-0.2, -0.15) is 0 Å². The van der Waals surface area contributed by atoms with E-state index in [1.54, 1.807) is 0 Å². The lowest BCUT2D eigenvalue weighted by Gasteiger charge is -2.37. The number of guanidine groups is 1. The van der Waals surface area contributed by atoms with Gasteiger partial charge in [0.05, 0.1) is 6.54 Å². The van der Waals surface area contributed by atoms with Crippen molar-refractivity contribution in [1.82, 2.24) is 20.0 Å². The van der Waals surface area contributed by atoms with Gasteiger partial charge in [0.1, 0.15) is 6.10 Å². The van der Waals surface area contributed by atoms with E-state index in [0.717, 1.165) is 64.7 Å². The van der Waals surface area contributed by atoms with Crippen LogP contribution in [0.5, 0.6) is 0 Å². The topological polar surface area (TPSA) is 60.4 Å². The van der Waals surface area contributed by atoms with Gasteiger partial charge in [-0.15, -0.1) is 0 Å². The molecule has 3 aliphatic heterocycles. The van der Waals surface area contributed by atoms with E-state index in [2.05, 4.69) is 35.9 Å². The van der Waals surface area contributed by atoms with Crippen molar-refractivity contribution in [3.63, 3.8) is 0 Å². The van der Waals surface area contributed by atoms with Crippen LogP contribution < -0.4 is 5.32 Å². The molecule has 0 aromatic carbocycles. The molecule has 2 unspecified atom stereocenters. The van der Waals surface area contributed by atoms with Crippen LogP contribution in [0.2, 0.25) is 0 Å². The molecule has 3 rings (SSSR count). The maximum atomic E-state index is 12.6. The molecule has 3 heterocycles. The highest BCUT2D eigenvalue weighted by molar-refractivity contribution is 5.82. The van der Waals surface area contributed by atoms with E-state index in [1.165, 1.54) is 32.4 Å². The molecule has 1 amide bonds. The van der Waals surface area contributed by atoms with E-state index in [9.17, 15) is 4.79 Å². The largest absolute Gasteiger partial charge is 0.368 e. The van der Waals surface area contributed by atoms with Crippen LogP contribution in [0, 0.1) is 5.92 Å². The Bertz CT molecular complexity index is 533. The van der Waals surface area contributed by atoms with Gasteiger partial charge in [-0.05, 0) is 58.0 Å². The second-order valence-electron chi connectivity index (χ2n) is 9.04. The average Bonchev–Trinajstić information content (AvgIpc) is 3.43. The predicted octanol–water partition coefficient (Wildman–Crippen LogP) is 1.79. The molecule has 7 heteroatoms. The zero-order valence-corrected chi connectivity index (χ0v) is 18.7. The minimum atomic E-state index is -0.208. The molecule has 166 valence electrons. The van der Waals surface area contributed by atoms with Crippen LogP contribution in [-0.2, 0) is 9.53 Å². The molecule has 3 fully saturated rings. The van der Waals surface area contributed by atoms with E-state index in [-0.39, 0.29) is 12.0 Å². The summed E-state index contributed by atoms with van der Waals surface area (Å²) in [6.45, 7) is 14.8. The van der Waals surface area contributed by atoms with Crippen LogP contribution in [0.4, 0.5) is 0 Å². The van der Waals surface area contributed by atoms with Gasteiger partial charge in [0, 0.05) is 45.4 Å². The third-order valence-electron chi connectivity index (χ3n) is 6.28. The molecule has 3 saturated heterocycles. The minimum Gasteiger partial charge on any atom is -0.368 e. The van der Waals surface area contributed by atoms with Crippen LogP contribution in [0.3, 0.4) is 0 Å². The summed E-state index contributed by atoms with van der Waals surface area (Å²) in [5.41, 5.74) is 0. The molecular formula is C22H41N5O2. The number of ether oxygens (including phenoxy) is 1. The van der Waals surface area contributed by atoms with Crippen molar-refractivity contribution in [2.75, 3.05) is 59.0 Å². The Labute approximate surface area is 176 Å². The van der Waals surface area contributed by atoms with Crippen LogP contribution in [0.25, 0.3) is 0 Å². The molecule has 0 radical (unpaired) electrons. The van der Waals surface area contributed by atoms with Gasteiger partial charge in [-0.25, -0.2) is 0 Å². The normalized spacial score (nSPS) is 25.1. The number of nitrogens with zero attached hydrogens (tertiary/aromatic N) is 4.